The predicted molar refractivity (Wildman–Crippen MR) is 116 cm³/mol. The molecule has 0 fully saturated rings. The molecule has 1 N–H and O–H groups in total. The highest BCUT2D eigenvalue weighted by Crippen LogP contribution is 2.32. The van der Waals surface area contributed by atoms with Crippen LogP contribution in [0.3, 0.4) is 0 Å². The van der Waals surface area contributed by atoms with Crippen LogP contribution in [0.1, 0.15) is 27.0 Å². The smallest absolute Gasteiger partial charge is 0.350 e. The Labute approximate surface area is 199 Å². The highest BCUT2D eigenvalue weighted by atomic mass is 19.4. The van der Waals surface area contributed by atoms with Crippen molar-refractivity contribution < 1.29 is 31.1 Å². The van der Waals surface area contributed by atoms with Gasteiger partial charge in [0, 0.05) is 6.54 Å². The van der Waals surface area contributed by atoms with Crippen LogP contribution in [0.25, 0.3) is 11.0 Å². The molecule has 1 amide bonds. The van der Waals surface area contributed by atoms with E-state index in [1.807, 2.05) is 0 Å². The molecule has 4 aromatic rings. The van der Waals surface area contributed by atoms with Crippen LogP contribution in [0.2, 0.25) is 0 Å². The first kappa shape index (κ1) is 24.9. The molecule has 36 heavy (non-hydrogen) atoms. The lowest BCUT2D eigenvalue weighted by Crippen LogP contribution is -2.29. The Balaban J connectivity index is 1.47. The van der Waals surface area contributed by atoms with E-state index in [0.717, 1.165) is 28.8 Å². The van der Waals surface area contributed by atoms with E-state index in [9.17, 15) is 35.9 Å². The van der Waals surface area contributed by atoms with E-state index in [-0.39, 0.29) is 36.2 Å². The highest BCUT2D eigenvalue weighted by molar-refractivity contribution is 5.95. The molecule has 0 aliphatic heterocycles. The van der Waals surface area contributed by atoms with Gasteiger partial charge >= 0.3 is 12.4 Å². The maximum Gasteiger partial charge on any atom is 0.417 e. The van der Waals surface area contributed by atoms with Crippen LogP contribution >= 0.6 is 0 Å². The van der Waals surface area contributed by atoms with Crippen molar-refractivity contribution in [3.63, 3.8) is 0 Å². The van der Waals surface area contributed by atoms with Crippen molar-refractivity contribution in [1.82, 2.24) is 24.6 Å². The number of carbonyl (C=O) groups excluding carboxylic acids is 1. The number of hydrogen-bond acceptors (Lipinski definition) is 4. The minimum absolute atomic E-state index is 0.00745. The number of fused-ring (bicyclic) bond motifs is 1. The Morgan fingerprint density at radius 1 is 0.972 bits per heavy atom. The lowest BCUT2D eigenvalue weighted by atomic mass is 10.1. The number of hydrogen-bond donors (Lipinski definition) is 1. The van der Waals surface area contributed by atoms with Crippen LogP contribution in [0.5, 0.6) is 0 Å². The summed E-state index contributed by atoms with van der Waals surface area (Å²) in [5.41, 5.74) is -2.55. The van der Waals surface area contributed by atoms with Gasteiger partial charge in [-0.25, -0.2) is 9.67 Å². The molecular weight excluding hydrogens is 492 g/mol. The molecule has 4 rings (SSSR count). The number of rotatable bonds is 6. The number of halogens is 6. The third-order valence-corrected chi connectivity index (χ3v) is 5.32. The summed E-state index contributed by atoms with van der Waals surface area (Å²) in [6, 6.07) is 8.95. The van der Waals surface area contributed by atoms with Gasteiger partial charge in [0.15, 0.2) is 5.65 Å². The molecular formula is C23H17F6N5O2. The average Bonchev–Trinajstić information content (AvgIpc) is 3.23. The first-order chi connectivity index (χ1) is 16.9. The molecule has 2 aromatic carbocycles. The Morgan fingerprint density at radius 3 is 2.44 bits per heavy atom. The number of aromatic nitrogens is 4. The third-order valence-electron chi connectivity index (χ3n) is 5.32. The predicted octanol–water partition coefficient (Wildman–Crippen LogP) is 4.11. The zero-order valence-corrected chi connectivity index (χ0v) is 18.3. The first-order valence-electron chi connectivity index (χ1n) is 10.5. The molecule has 0 unspecified atom stereocenters. The molecule has 7 nitrogen and oxygen atoms in total. The van der Waals surface area contributed by atoms with E-state index in [0.29, 0.717) is 0 Å². The van der Waals surface area contributed by atoms with Gasteiger partial charge in [-0.3, -0.25) is 14.2 Å². The van der Waals surface area contributed by atoms with Crippen LogP contribution in [-0.4, -0.2) is 31.8 Å². The van der Waals surface area contributed by atoms with Gasteiger partial charge in [-0.05, 0) is 29.8 Å². The number of alkyl halides is 6. The summed E-state index contributed by atoms with van der Waals surface area (Å²) in [6.07, 6.45) is -6.81. The molecule has 0 saturated carbocycles. The Kier molecular flexibility index (Phi) is 6.57. The van der Waals surface area contributed by atoms with Gasteiger partial charge in [0.25, 0.3) is 11.5 Å². The zero-order valence-electron chi connectivity index (χ0n) is 18.3. The van der Waals surface area contributed by atoms with Gasteiger partial charge in [-0.15, -0.1) is 0 Å². The molecule has 0 spiro atoms. The van der Waals surface area contributed by atoms with Crippen LogP contribution in [0, 0.1) is 0 Å². The number of nitrogens with zero attached hydrogens (tertiary/aromatic N) is 4. The van der Waals surface area contributed by atoms with E-state index in [1.165, 1.54) is 41.5 Å². The monoisotopic (exact) mass is 509 g/mol. The summed E-state index contributed by atoms with van der Waals surface area (Å²) >= 11 is 0. The summed E-state index contributed by atoms with van der Waals surface area (Å²) in [5, 5.41) is 6.52. The van der Waals surface area contributed by atoms with Crippen molar-refractivity contribution >= 4 is 16.9 Å². The molecule has 2 heterocycles. The minimum Gasteiger partial charge on any atom is -0.350 e. The van der Waals surface area contributed by atoms with Crippen molar-refractivity contribution in [2.75, 3.05) is 6.54 Å². The molecule has 0 atom stereocenters. The topological polar surface area (TPSA) is 81.8 Å². The first-order valence-corrected chi connectivity index (χ1v) is 10.5. The van der Waals surface area contributed by atoms with Gasteiger partial charge in [-0.1, -0.05) is 24.3 Å². The summed E-state index contributed by atoms with van der Waals surface area (Å²) < 4.78 is 80.7. The lowest BCUT2D eigenvalue weighted by molar-refractivity contribution is -0.138. The fourth-order valence-corrected chi connectivity index (χ4v) is 3.62. The van der Waals surface area contributed by atoms with Gasteiger partial charge in [0.05, 0.1) is 36.0 Å². The van der Waals surface area contributed by atoms with Crippen molar-refractivity contribution in [1.29, 1.82) is 0 Å². The molecule has 0 radical (unpaired) electrons. The normalized spacial score (nSPS) is 12.2. The van der Waals surface area contributed by atoms with E-state index >= 15 is 0 Å². The van der Waals surface area contributed by atoms with Gasteiger partial charge in [0.1, 0.15) is 11.7 Å². The van der Waals surface area contributed by atoms with Gasteiger partial charge in [0.2, 0.25) is 0 Å². The SMILES string of the molecule is O=C(NCCn1ncc2c(=O)n(Cc3cccc(C(F)(F)F)c3)cnc21)c1ccccc1C(F)(F)F. The molecule has 188 valence electrons. The molecule has 13 heteroatoms. The van der Waals surface area contributed by atoms with Crippen LogP contribution in [0.4, 0.5) is 26.3 Å². The van der Waals surface area contributed by atoms with Crippen molar-refractivity contribution in [2.45, 2.75) is 25.4 Å². The molecule has 2 aromatic heterocycles. The standard InChI is InChI=1S/C23H17F6N5O2/c24-22(25,26)15-5-3-4-14(10-15)12-33-13-31-19-17(21(33)36)11-32-34(19)9-8-30-20(35)16-6-1-2-7-18(16)23(27,28)29/h1-7,10-11,13H,8-9,12H2,(H,30,35). The second-order valence-electron chi connectivity index (χ2n) is 7.78. The van der Waals surface area contributed by atoms with Crippen LogP contribution in [-0.2, 0) is 25.4 Å². The second kappa shape index (κ2) is 9.47. The Hall–Kier alpha value is -4.16. The van der Waals surface area contributed by atoms with Gasteiger partial charge < -0.3 is 5.32 Å². The summed E-state index contributed by atoms with van der Waals surface area (Å²) in [7, 11) is 0. The summed E-state index contributed by atoms with van der Waals surface area (Å²) in [4.78, 5) is 29.2. The van der Waals surface area contributed by atoms with Crippen molar-refractivity contribution in [3.05, 3.63) is 93.7 Å². The van der Waals surface area contributed by atoms with Crippen molar-refractivity contribution in [2.24, 2.45) is 0 Å². The zero-order chi connectivity index (χ0) is 26.1. The van der Waals surface area contributed by atoms with Crippen LogP contribution < -0.4 is 10.9 Å². The Bertz CT molecular complexity index is 1470. The van der Waals surface area contributed by atoms with E-state index in [2.05, 4.69) is 15.4 Å². The number of nitrogens with one attached hydrogen (secondary N) is 1. The number of carbonyl (C=O) groups is 1. The highest BCUT2D eigenvalue weighted by Gasteiger charge is 2.34. The lowest BCUT2D eigenvalue weighted by Gasteiger charge is -2.12. The van der Waals surface area contributed by atoms with E-state index < -0.39 is 40.5 Å². The third kappa shape index (κ3) is 5.24. The maximum absolute atomic E-state index is 13.1. The second-order valence-corrected chi connectivity index (χ2v) is 7.78. The summed E-state index contributed by atoms with van der Waals surface area (Å²) in [5.74, 6) is -0.921. The quantitative estimate of drug-likeness (QED) is 0.397. The largest absolute Gasteiger partial charge is 0.417 e. The minimum atomic E-state index is -4.69. The van der Waals surface area contributed by atoms with E-state index in [1.54, 1.807) is 0 Å². The fraction of sp³-hybridized carbons (Fsp3) is 0.217. The van der Waals surface area contributed by atoms with E-state index in [4.69, 9.17) is 0 Å². The molecule has 0 aliphatic rings. The fourth-order valence-electron chi connectivity index (χ4n) is 3.62. The maximum atomic E-state index is 13.1. The van der Waals surface area contributed by atoms with Gasteiger partial charge in [-0.2, -0.15) is 31.4 Å². The van der Waals surface area contributed by atoms with Crippen molar-refractivity contribution in [3.8, 4) is 0 Å². The molecule has 0 saturated heterocycles. The number of benzene rings is 2. The molecule has 0 bridgehead atoms. The molecule has 0 aliphatic carbocycles. The summed E-state index contributed by atoms with van der Waals surface area (Å²) in [6.45, 7) is -0.240. The van der Waals surface area contributed by atoms with Crippen LogP contribution in [0.15, 0.2) is 65.8 Å². The number of amides is 1. The Morgan fingerprint density at radius 2 is 1.72 bits per heavy atom. The average molecular weight is 509 g/mol.